The molecule has 2 aromatic rings. The van der Waals surface area contributed by atoms with Gasteiger partial charge in [-0.3, -0.25) is 4.90 Å². The van der Waals surface area contributed by atoms with Crippen molar-refractivity contribution in [1.82, 2.24) is 14.5 Å². The zero-order chi connectivity index (χ0) is 13.9. The minimum absolute atomic E-state index is 0.387. The third-order valence-electron chi connectivity index (χ3n) is 3.81. The highest BCUT2D eigenvalue weighted by molar-refractivity contribution is 5.22. The smallest absolute Gasteiger partial charge is 0.0949 e. The summed E-state index contributed by atoms with van der Waals surface area (Å²) >= 11 is 0. The minimum atomic E-state index is 0.387. The van der Waals surface area contributed by atoms with Gasteiger partial charge in [-0.25, -0.2) is 4.98 Å². The summed E-state index contributed by atoms with van der Waals surface area (Å²) in [5.74, 6) is 0.387. The fraction of sp³-hybridized carbons (Fsp3) is 0.533. The standard InChI is InChI=1S/C15H21N3O2/c1-3-19-10-13-7-18(6-12-4-5-20-9-12)8-14-15(13)17(2)11-16-14/h4-5,9,11,13H,3,6-8,10H2,1-2H3/t13-/m0/s1. The van der Waals surface area contributed by atoms with E-state index in [2.05, 4.69) is 21.5 Å². The van der Waals surface area contributed by atoms with Gasteiger partial charge in [0.05, 0.1) is 31.2 Å². The maximum absolute atomic E-state index is 5.65. The van der Waals surface area contributed by atoms with Crippen molar-refractivity contribution in [3.63, 3.8) is 0 Å². The van der Waals surface area contributed by atoms with Crippen molar-refractivity contribution in [1.29, 1.82) is 0 Å². The predicted molar refractivity (Wildman–Crippen MR) is 75.3 cm³/mol. The Bertz CT molecular complexity index is 547. The molecule has 0 spiro atoms. The van der Waals surface area contributed by atoms with Crippen LogP contribution in [0.1, 0.15) is 29.8 Å². The van der Waals surface area contributed by atoms with E-state index in [1.54, 1.807) is 6.26 Å². The number of hydrogen-bond donors (Lipinski definition) is 0. The Morgan fingerprint density at radius 1 is 1.50 bits per heavy atom. The molecular formula is C15H21N3O2. The lowest BCUT2D eigenvalue weighted by molar-refractivity contribution is 0.102. The average Bonchev–Trinajstić information content (AvgIpc) is 3.07. The summed E-state index contributed by atoms with van der Waals surface area (Å²) in [6, 6.07) is 2.02. The molecule has 0 bridgehead atoms. The van der Waals surface area contributed by atoms with Gasteiger partial charge in [-0.1, -0.05) is 0 Å². The zero-order valence-electron chi connectivity index (χ0n) is 12.1. The first-order valence-electron chi connectivity index (χ1n) is 7.09. The van der Waals surface area contributed by atoms with E-state index in [1.165, 1.54) is 17.0 Å². The molecule has 0 aromatic carbocycles. The van der Waals surface area contributed by atoms with Crippen LogP contribution in [0.15, 0.2) is 29.3 Å². The molecule has 3 heterocycles. The van der Waals surface area contributed by atoms with Gasteiger partial charge in [0.25, 0.3) is 0 Å². The van der Waals surface area contributed by atoms with E-state index >= 15 is 0 Å². The van der Waals surface area contributed by atoms with E-state index < -0.39 is 0 Å². The molecule has 1 aliphatic rings. The van der Waals surface area contributed by atoms with Crippen molar-refractivity contribution in [3.05, 3.63) is 41.9 Å². The fourth-order valence-electron chi connectivity index (χ4n) is 2.96. The van der Waals surface area contributed by atoms with Gasteiger partial charge in [0.1, 0.15) is 0 Å². The lowest BCUT2D eigenvalue weighted by atomic mass is 9.98. The van der Waals surface area contributed by atoms with Gasteiger partial charge < -0.3 is 13.7 Å². The van der Waals surface area contributed by atoms with Crippen LogP contribution in [-0.2, 0) is 24.9 Å². The van der Waals surface area contributed by atoms with Crippen molar-refractivity contribution in [2.75, 3.05) is 19.8 Å². The molecule has 0 saturated carbocycles. The Kier molecular flexibility index (Phi) is 3.89. The summed E-state index contributed by atoms with van der Waals surface area (Å²) in [5, 5.41) is 0. The zero-order valence-corrected chi connectivity index (χ0v) is 12.1. The van der Waals surface area contributed by atoms with E-state index in [9.17, 15) is 0 Å². The van der Waals surface area contributed by atoms with Crippen LogP contribution >= 0.6 is 0 Å². The van der Waals surface area contributed by atoms with Crippen molar-refractivity contribution >= 4 is 0 Å². The average molecular weight is 275 g/mol. The van der Waals surface area contributed by atoms with Crippen LogP contribution in [0.25, 0.3) is 0 Å². The number of furan rings is 1. The van der Waals surface area contributed by atoms with Crippen LogP contribution in [0.3, 0.4) is 0 Å². The number of nitrogens with zero attached hydrogens (tertiary/aromatic N) is 3. The molecule has 0 saturated heterocycles. The first kappa shape index (κ1) is 13.4. The molecule has 5 heteroatoms. The maximum atomic E-state index is 5.65. The SMILES string of the molecule is CCOC[C@@H]1CN(Cc2ccoc2)Cc2ncn(C)c21. The maximum Gasteiger partial charge on any atom is 0.0949 e. The number of aryl methyl sites for hydroxylation is 1. The van der Waals surface area contributed by atoms with E-state index in [1.807, 2.05) is 25.6 Å². The van der Waals surface area contributed by atoms with Crippen LogP contribution < -0.4 is 0 Å². The number of rotatable bonds is 5. The molecule has 0 aliphatic carbocycles. The fourth-order valence-corrected chi connectivity index (χ4v) is 2.96. The summed E-state index contributed by atoms with van der Waals surface area (Å²) in [4.78, 5) is 6.94. The molecule has 1 aliphatic heterocycles. The summed E-state index contributed by atoms with van der Waals surface area (Å²) < 4.78 is 12.9. The van der Waals surface area contributed by atoms with Crippen LogP contribution in [0.2, 0.25) is 0 Å². The third-order valence-corrected chi connectivity index (χ3v) is 3.81. The molecule has 0 N–H and O–H groups in total. The molecule has 0 unspecified atom stereocenters. The molecule has 2 aromatic heterocycles. The Hall–Kier alpha value is -1.59. The van der Waals surface area contributed by atoms with Crippen LogP contribution in [0.4, 0.5) is 0 Å². The van der Waals surface area contributed by atoms with Gasteiger partial charge in [0, 0.05) is 50.5 Å². The molecule has 0 fully saturated rings. The third kappa shape index (κ3) is 2.64. The molecule has 108 valence electrons. The molecule has 0 amide bonds. The summed E-state index contributed by atoms with van der Waals surface area (Å²) in [6.07, 6.45) is 5.44. The quantitative estimate of drug-likeness (QED) is 0.838. The van der Waals surface area contributed by atoms with E-state index in [0.29, 0.717) is 5.92 Å². The number of hydrogen-bond acceptors (Lipinski definition) is 4. The number of imidazole rings is 1. The van der Waals surface area contributed by atoms with E-state index in [-0.39, 0.29) is 0 Å². The first-order chi connectivity index (χ1) is 9.78. The normalized spacial score (nSPS) is 19.2. The Balaban J connectivity index is 1.77. The Morgan fingerprint density at radius 3 is 3.15 bits per heavy atom. The van der Waals surface area contributed by atoms with Gasteiger partial charge in [-0.05, 0) is 13.0 Å². The monoisotopic (exact) mass is 275 g/mol. The van der Waals surface area contributed by atoms with E-state index in [4.69, 9.17) is 9.15 Å². The highest BCUT2D eigenvalue weighted by Crippen LogP contribution is 2.28. The van der Waals surface area contributed by atoms with Crippen molar-refractivity contribution in [2.24, 2.45) is 7.05 Å². The number of ether oxygens (including phenoxy) is 1. The number of aromatic nitrogens is 2. The summed E-state index contributed by atoms with van der Waals surface area (Å²) in [6.45, 7) is 6.34. The van der Waals surface area contributed by atoms with E-state index in [0.717, 1.165) is 32.8 Å². The molecular weight excluding hydrogens is 254 g/mol. The molecule has 20 heavy (non-hydrogen) atoms. The first-order valence-corrected chi connectivity index (χ1v) is 7.09. The van der Waals surface area contributed by atoms with Crippen LogP contribution in [0.5, 0.6) is 0 Å². The second-order valence-corrected chi connectivity index (χ2v) is 5.35. The van der Waals surface area contributed by atoms with Gasteiger partial charge in [-0.15, -0.1) is 0 Å². The Labute approximate surface area is 119 Å². The molecule has 1 atom stereocenters. The molecule has 0 radical (unpaired) electrons. The summed E-state index contributed by atoms with van der Waals surface area (Å²) in [7, 11) is 2.07. The Morgan fingerprint density at radius 2 is 2.40 bits per heavy atom. The molecule has 3 rings (SSSR count). The highest BCUT2D eigenvalue weighted by atomic mass is 16.5. The van der Waals surface area contributed by atoms with Gasteiger partial charge in [0.15, 0.2) is 0 Å². The van der Waals surface area contributed by atoms with Gasteiger partial charge in [0.2, 0.25) is 0 Å². The lowest BCUT2D eigenvalue weighted by Crippen LogP contribution is -2.35. The lowest BCUT2D eigenvalue weighted by Gasteiger charge is -2.32. The van der Waals surface area contributed by atoms with Crippen LogP contribution in [-0.4, -0.2) is 34.2 Å². The van der Waals surface area contributed by atoms with Crippen molar-refractivity contribution in [3.8, 4) is 0 Å². The molecule has 5 nitrogen and oxygen atoms in total. The largest absolute Gasteiger partial charge is 0.472 e. The van der Waals surface area contributed by atoms with Gasteiger partial charge >= 0.3 is 0 Å². The van der Waals surface area contributed by atoms with Crippen molar-refractivity contribution < 1.29 is 9.15 Å². The summed E-state index contributed by atoms with van der Waals surface area (Å²) in [5.41, 5.74) is 3.70. The second-order valence-electron chi connectivity index (χ2n) is 5.35. The second kappa shape index (κ2) is 5.81. The van der Waals surface area contributed by atoms with Crippen molar-refractivity contribution in [2.45, 2.75) is 25.9 Å². The topological polar surface area (TPSA) is 43.4 Å². The number of fused-ring (bicyclic) bond motifs is 1. The highest BCUT2D eigenvalue weighted by Gasteiger charge is 2.29. The predicted octanol–water partition coefficient (Wildman–Crippen LogP) is 2.15. The van der Waals surface area contributed by atoms with Crippen LogP contribution in [0, 0.1) is 0 Å². The minimum Gasteiger partial charge on any atom is -0.472 e. The van der Waals surface area contributed by atoms with Gasteiger partial charge in [-0.2, -0.15) is 0 Å².